The van der Waals surface area contributed by atoms with Crippen molar-refractivity contribution in [2.45, 2.75) is 13.0 Å². The fourth-order valence-corrected chi connectivity index (χ4v) is 6.29. The summed E-state index contributed by atoms with van der Waals surface area (Å²) in [5.41, 5.74) is 2.03. The Morgan fingerprint density at radius 1 is 1.00 bits per heavy atom. The van der Waals surface area contributed by atoms with Crippen LogP contribution in [0.1, 0.15) is 34.6 Å². The maximum atomic E-state index is 14.1. The number of carboxylic acid groups (broad SMARTS) is 1. The molecule has 0 radical (unpaired) electrons. The summed E-state index contributed by atoms with van der Waals surface area (Å²) < 4.78 is 18.9. The summed E-state index contributed by atoms with van der Waals surface area (Å²) >= 11 is 1.15. The molecule has 11 heteroatoms. The minimum absolute atomic E-state index is 0.1000. The molecular weight excluding hydrogens is 594 g/mol. The first kappa shape index (κ1) is 29.4. The number of methoxy groups -OCH3 is 2. The minimum atomic E-state index is -1.08. The third-order valence-electron chi connectivity index (χ3n) is 7.36. The highest BCUT2D eigenvalue weighted by molar-refractivity contribution is 7.07. The van der Waals surface area contributed by atoms with Gasteiger partial charge in [0.25, 0.3) is 11.5 Å². The van der Waals surface area contributed by atoms with Crippen molar-refractivity contribution in [3.8, 4) is 22.8 Å². The number of aromatic carboxylic acids is 1. The van der Waals surface area contributed by atoms with Gasteiger partial charge >= 0.3 is 5.97 Å². The van der Waals surface area contributed by atoms with Crippen molar-refractivity contribution in [1.29, 1.82) is 0 Å². The Hall–Kier alpha value is -5.68. The first-order chi connectivity index (χ1) is 21.8. The average Bonchev–Trinajstić information content (AvgIpc) is 3.64. The average molecular weight is 622 g/mol. The monoisotopic (exact) mass is 621 g/mol. The van der Waals surface area contributed by atoms with E-state index < -0.39 is 17.9 Å². The van der Waals surface area contributed by atoms with E-state index in [1.165, 1.54) is 17.7 Å². The van der Waals surface area contributed by atoms with Crippen molar-refractivity contribution in [3.05, 3.63) is 133 Å². The van der Waals surface area contributed by atoms with Crippen molar-refractivity contribution in [2.24, 2.45) is 4.99 Å². The number of hydrogen-bond donors (Lipinski definition) is 2. The number of carboxylic acids is 1. The quantitative estimate of drug-likeness (QED) is 0.253. The molecule has 45 heavy (non-hydrogen) atoms. The molecule has 0 aliphatic carbocycles. The first-order valence-electron chi connectivity index (χ1n) is 13.8. The van der Waals surface area contributed by atoms with E-state index in [2.05, 4.69) is 10.3 Å². The molecule has 0 fully saturated rings. The molecule has 1 aliphatic rings. The van der Waals surface area contributed by atoms with Crippen molar-refractivity contribution in [2.75, 3.05) is 19.5 Å². The Morgan fingerprint density at radius 3 is 2.49 bits per heavy atom. The normalized spacial score (nSPS) is 14.5. The van der Waals surface area contributed by atoms with Gasteiger partial charge in [0, 0.05) is 29.0 Å². The van der Waals surface area contributed by atoms with Crippen molar-refractivity contribution in [3.63, 3.8) is 0 Å². The molecule has 0 saturated carbocycles. The van der Waals surface area contributed by atoms with Gasteiger partial charge in [-0.2, -0.15) is 0 Å². The molecule has 226 valence electrons. The van der Waals surface area contributed by atoms with E-state index in [0.717, 1.165) is 11.3 Å². The van der Waals surface area contributed by atoms with Crippen LogP contribution in [0.5, 0.6) is 11.5 Å². The van der Waals surface area contributed by atoms with Crippen LogP contribution in [0.15, 0.2) is 110 Å². The van der Waals surface area contributed by atoms with E-state index in [9.17, 15) is 19.5 Å². The molecule has 1 amide bonds. The van der Waals surface area contributed by atoms with Crippen LogP contribution in [0, 0.1) is 0 Å². The van der Waals surface area contributed by atoms with Crippen LogP contribution in [0.25, 0.3) is 17.4 Å². The number of benzene rings is 3. The van der Waals surface area contributed by atoms with Gasteiger partial charge in [0.1, 0.15) is 29.1 Å². The molecule has 0 spiro atoms. The number of anilines is 1. The summed E-state index contributed by atoms with van der Waals surface area (Å²) in [5, 5.41) is 12.5. The summed E-state index contributed by atoms with van der Waals surface area (Å²) in [6.07, 6.45) is 1.59. The molecule has 1 aliphatic heterocycles. The van der Waals surface area contributed by atoms with E-state index in [1.54, 1.807) is 80.8 Å². The minimum Gasteiger partial charge on any atom is -0.497 e. The summed E-state index contributed by atoms with van der Waals surface area (Å²) in [7, 11) is 3.06. The third kappa shape index (κ3) is 5.56. The van der Waals surface area contributed by atoms with E-state index in [0.29, 0.717) is 54.9 Å². The number of rotatable bonds is 8. The molecule has 0 bridgehead atoms. The van der Waals surface area contributed by atoms with Crippen LogP contribution in [0.3, 0.4) is 0 Å². The van der Waals surface area contributed by atoms with Gasteiger partial charge in [-0.3, -0.25) is 14.2 Å². The SMILES string of the molecule is COc1ccc([C@H]2C(C(=O)Nc3ccccc3)=C(C)N=c3s/c(=C\c4ccc(-c5ccccc5C(=O)O)o4)c(=O)n32)c(OC)c1. The topological polar surface area (TPSA) is 132 Å². The smallest absolute Gasteiger partial charge is 0.336 e. The number of carbonyl (C=O) groups excluding carboxylic acids is 1. The fraction of sp³-hybridized carbons (Fsp3) is 0.118. The van der Waals surface area contributed by atoms with Gasteiger partial charge in [-0.15, -0.1) is 0 Å². The number of nitrogens with zero attached hydrogens (tertiary/aromatic N) is 2. The zero-order valence-electron chi connectivity index (χ0n) is 24.4. The van der Waals surface area contributed by atoms with Crippen molar-refractivity contribution in [1.82, 2.24) is 4.57 Å². The summed E-state index contributed by atoms with van der Waals surface area (Å²) in [5.74, 6) is 0.203. The lowest BCUT2D eigenvalue weighted by atomic mass is 9.94. The molecule has 2 N–H and O–H groups in total. The predicted octanol–water partition coefficient (Wildman–Crippen LogP) is 4.85. The highest BCUT2D eigenvalue weighted by atomic mass is 32.1. The van der Waals surface area contributed by atoms with Gasteiger partial charge in [0.05, 0.1) is 35.6 Å². The van der Waals surface area contributed by atoms with Crippen LogP contribution in [-0.2, 0) is 4.79 Å². The second kappa shape index (κ2) is 12.1. The largest absolute Gasteiger partial charge is 0.497 e. The molecule has 0 unspecified atom stereocenters. The maximum Gasteiger partial charge on any atom is 0.336 e. The Balaban J connectivity index is 1.49. The molecule has 5 aromatic rings. The van der Waals surface area contributed by atoms with Gasteiger partial charge in [0.2, 0.25) is 0 Å². The summed E-state index contributed by atoms with van der Waals surface area (Å²) in [6.45, 7) is 1.73. The van der Waals surface area contributed by atoms with E-state index in [-0.39, 0.29) is 16.7 Å². The number of allylic oxidation sites excluding steroid dienone is 1. The lowest BCUT2D eigenvalue weighted by Gasteiger charge is -2.26. The molecule has 3 heterocycles. The standard InChI is InChI=1S/C34H27N3O7S/c1-19-29(31(38)36-20-9-5-4-6-10-20)30(25-15-13-21(42-2)17-27(25)43-3)37-32(39)28(45-34(37)35-19)18-22-14-16-26(44-22)23-11-7-8-12-24(23)33(40)41/h4-18,30H,1-3H3,(H,36,38)(H,40,41)/b28-18-/t30-/m0/s1. The molecule has 3 aromatic carbocycles. The second-order valence-corrected chi connectivity index (χ2v) is 11.1. The van der Waals surface area contributed by atoms with Crippen LogP contribution < -0.4 is 29.7 Å². The molecule has 1 atom stereocenters. The van der Waals surface area contributed by atoms with Crippen molar-refractivity contribution >= 4 is 35.0 Å². The number of furan rings is 1. The van der Waals surface area contributed by atoms with Crippen LogP contribution in [-0.4, -0.2) is 35.8 Å². The molecule has 6 rings (SSSR count). The molecule has 0 saturated heterocycles. The maximum absolute atomic E-state index is 14.1. The van der Waals surface area contributed by atoms with Crippen LogP contribution >= 0.6 is 11.3 Å². The van der Waals surface area contributed by atoms with E-state index in [1.807, 2.05) is 18.2 Å². The van der Waals surface area contributed by atoms with Gasteiger partial charge in [0.15, 0.2) is 4.80 Å². The lowest BCUT2D eigenvalue weighted by molar-refractivity contribution is -0.113. The number of ether oxygens (including phenoxy) is 2. The number of para-hydroxylation sites is 1. The summed E-state index contributed by atoms with van der Waals surface area (Å²) in [6, 6.07) is 23.2. The number of thiazole rings is 1. The molecule has 2 aromatic heterocycles. The first-order valence-corrected chi connectivity index (χ1v) is 14.6. The molecule has 10 nitrogen and oxygen atoms in total. The van der Waals surface area contributed by atoms with Crippen LogP contribution in [0.4, 0.5) is 5.69 Å². The number of nitrogens with one attached hydrogen (secondary N) is 1. The molecular formula is C34H27N3O7S. The van der Waals surface area contributed by atoms with E-state index >= 15 is 0 Å². The Kier molecular flexibility index (Phi) is 7.93. The number of aromatic nitrogens is 1. The Bertz CT molecular complexity index is 2160. The fourth-order valence-electron chi connectivity index (χ4n) is 5.26. The summed E-state index contributed by atoms with van der Waals surface area (Å²) in [4.78, 5) is 44.8. The number of fused-ring (bicyclic) bond motifs is 1. The van der Waals surface area contributed by atoms with Crippen LogP contribution in [0.2, 0.25) is 0 Å². The van der Waals surface area contributed by atoms with Gasteiger partial charge in [-0.05, 0) is 49.4 Å². The number of carbonyl (C=O) groups is 2. The lowest BCUT2D eigenvalue weighted by Crippen LogP contribution is -2.40. The zero-order valence-corrected chi connectivity index (χ0v) is 25.3. The highest BCUT2D eigenvalue weighted by Gasteiger charge is 2.34. The Labute approximate surface area is 260 Å². The number of hydrogen-bond acceptors (Lipinski definition) is 8. The van der Waals surface area contributed by atoms with Crippen molar-refractivity contribution < 1.29 is 28.6 Å². The van der Waals surface area contributed by atoms with Gasteiger partial charge in [-0.25, -0.2) is 9.79 Å². The predicted molar refractivity (Wildman–Crippen MR) is 169 cm³/mol. The Morgan fingerprint density at radius 2 is 1.76 bits per heavy atom. The highest BCUT2D eigenvalue weighted by Crippen LogP contribution is 2.37. The van der Waals surface area contributed by atoms with Gasteiger partial charge in [-0.1, -0.05) is 47.7 Å². The zero-order chi connectivity index (χ0) is 31.7. The van der Waals surface area contributed by atoms with E-state index in [4.69, 9.17) is 13.9 Å². The number of amides is 1. The third-order valence-corrected chi connectivity index (χ3v) is 8.34. The van der Waals surface area contributed by atoms with Gasteiger partial charge < -0.3 is 24.3 Å². The second-order valence-electron chi connectivity index (χ2n) is 10.1.